The van der Waals surface area contributed by atoms with Crippen molar-refractivity contribution in [2.45, 2.75) is 44.4 Å². The van der Waals surface area contributed by atoms with Gasteiger partial charge in [0.25, 0.3) is 0 Å². The van der Waals surface area contributed by atoms with Gasteiger partial charge in [0.05, 0.1) is 12.7 Å². The molecule has 3 aliphatic rings. The highest BCUT2D eigenvalue weighted by molar-refractivity contribution is 6.04. The normalized spacial score (nSPS) is 20.0. The first-order valence-corrected chi connectivity index (χ1v) is 14.3. The number of likely N-dealkylation sites (tertiary alicyclic amines) is 1. The minimum absolute atomic E-state index is 0.0321. The molecule has 10 heteroatoms. The molecule has 0 amide bonds. The molecule has 0 radical (unpaired) electrons. The first-order valence-electron chi connectivity index (χ1n) is 14.3. The molecule has 5 heterocycles. The van der Waals surface area contributed by atoms with Crippen molar-refractivity contribution < 1.29 is 18.6 Å². The molecule has 2 aromatic carbocycles. The number of benzene rings is 2. The second-order valence-corrected chi connectivity index (χ2v) is 11.2. The van der Waals surface area contributed by atoms with Gasteiger partial charge >= 0.3 is 6.01 Å². The summed E-state index contributed by atoms with van der Waals surface area (Å²) in [5, 5.41) is 14.9. The second-order valence-electron chi connectivity index (χ2n) is 11.2. The highest BCUT2D eigenvalue weighted by atomic mass is 19.1. The van der Waals surface area contributed by atoms with Crippen LogP contribution >= 0.6 is 0 Å². The quantitative estimate of drug-likeness (QED) is 0.338. The number of nitrogens with one attached hydrogen (secondary N) is 1. The van der Waals surface area contributed by atoms with E-state index in [1.165, 1.54) is 63.5 Å². The van der Waals surface area contributed by atoms with E-state index in [4.69, 9.17) is 11.2 Å². The third kappa shape index (κ3) is 5.19. The maximum Gasteiger partial charge on any atom is 0.318 e. The molecule has 7 rings (SSSR count). The Balaban J connectivity index is 0.000000470. The minimum atomic E-state index is -0.876. The molecule has 3 fully saturated rings. The fraction of sp³-hybridized carbons (Fsp3) is 0.406. The van der Waals surface area contributed by atoms with E-state index in [0.29, 0.717) is 50.8 Å². The fourth-order valence-electron chi connectivity index (χ4n) is 6.39. The van der Waals surface area contributed by atoms with Gasteiger partial charge in [-0.3, -0.25) is 4.98 Å². The molecule has 0 spiro atoms. The first-order chi connectivity index (χ1) is 20.4. The Morgan fingerprint density at radius 2 is 1.83 bits per heavy atom. The van der Waals surface area contributed by atoms with E-state index in [-0.39, 0.29) is 22.9 Å². The molecular formula is C32H34F2N6O2. The second kappa shape index (κ2) is 11.7. The zero-order valence-electron chi connectivity index (χ0n) is 23.8. The number of ether oxygens (including phenoxy) is 1. The molecule has 4 aromatic rings. The lowest BCUT2D eigenvalue weighted by Crippen LogP contribution is -2.51. The number of halogens is 2. The molecule has 2 unspecified atom stereocenters. The number of rotatable bonds is 4. The first kappa shape index (κ1) is 28.1. The summed E-state index contributed by atoms with van der Waals surface area (Å²) < 4.78 is 34.8. The van der Waals surface area contributed by atoms with E-state index in [2.05, 4.69) is 43.0 Å². The summed E-state index contributed by atoms with van der Waals surface area (Å²) in [5.41, 5.74) is 1.77. The summed E-state index contributed by atoms with van der Waals surface area (Å²) in [6.07, 6.45) is 12.2. The summed E-state index contributed by atoms with van der Waals surface area (Å²) in [6.45, 7) is 3.27. The molecule has 0 saturated carbocycles. The predicted molar refractivity (Wildman–Crippen MR) is 160 cm³/mol. The van der Waals surface area contributed by atoms with Gasteiger partial charge in [-0.2, -0.15) is 9.97 Å². The van der Waals surface area contributed by atoms with E-state index in [9.17, 15) is 13.9 Å². The van der Waals surface area contributed by atoms with Gasteiger partial charge in [0.15, 0.2) is 5.82 Å². The number of terminal acetylenes is 1. The van der Waals surface area contributed by atoms with Crippen LogP contribution in [0.3, 0.4) is 0 Å². The number of phenols is 1. The average Bonchev–Trinajstić information content (AvgIpc) is 3.62. The van der Waals surface area contributed by atoms with Crippen LogP contribution in [0.5, 0.6) is 11.8 Å². The van der Waals surface area contributed by atoms with Crippen molar-refractivity contribution >= 4 is 27.6 Å². The molecule has 0 aliphatic carbocycles. The molecular weight excluding hydrogens is 538 g/mol. The Hall–Kier alpha value is -4.07. The van der Waals surface area contributed by atoms with Crippen LogP contribution in [0.2, 0.25) is 0 Å². The van der Waals surface area contributed by atoms with Gasteiger partial charge < -0.3 is 25.0 Å². The Morgan fingerprint density at radius 1 is 1.10 bits per heavy atom. The standard InChI is InChI=1S/C27H23F2N5O2.C5H11N/c1-3-18-22(29)7-4-14-8-17(35)9-19(23(14)18)21-11-30-25-24(20(21)10-28)32-27(36-2)33-26(25)34-12-15-5-6-16(13-34)31-15;1-6-4-2-3-5-6/h1,4,7-9,11,15-16,31,35H,5-6,10,12-13H2,2H3;2-5H2,1H3. The van der Waals surface area contributed by atoms with Gasteiger partial charge in [-0.15, -0.1) is 6.42 Å². The average molecular weight is 573 g/mol. The number of phenolic OH excluding ortho intramolecular Hbond substituents is 1. The molecule has 42 heavy (non-hydrogen) atoms. The number of alkyl halides is 1. The van der Waals surface area contributed by atoms with E-state index >= 15 is 0 Å². The predicted octanol–water partition coefficient (Wildman–Crippen LogP) is 4.80. The fourth-order valence-corrected chi connectivity index (χ4v) is 6.39. The number of nitrogens with zero attached hydrogens (tertiary/aromatic N) is 5. The third-order valence-corrected chi connectivity index (χ3v) is 8.43. The molecule has 8 nitrogen and oxygen atoms in total. The molecule has 2 bridgehead atoms. The lowest BCUT2D eigenvalue weighted by atomic mass is 9.92. The summed E-state index contributed by atoms with van der Waals surface area (Å²) in [4.78, 5) is 18.2. The maximum absolute atomic E-state index is 14.8. The van der Waals surface area contributed by atoms with Gasteiger partial charge in [-0.25, -0.2) is 8.78 Å². The number of aromatic nitrogens is 3. The third-order valence-electron chi connectivity index (χ3n) is 8.43. The Kier molecular flexibility index (Phi) is 7.80. The SMILES string of the molecule is C#Cc1c(F)ccc2cc(O)cc(-c3cnc4c(N5CC6CCC(C5)N6)nc(OC)nc4c3CF)c12.CN1CCCC1. The van der Waals surface area contributed by atoms with Gasteiger partial charge in [0.2, 0.25) is 0 Å². The Bertz CT molecular complexity index is 1670. The van der Waals surface area contributed by atoms with Crippen LogP contribution in [0, 0.1) is 18.2 Å². The zero-order chi connectivity index (χ0) is 29.4. The summed E-state index contributed by atoms with van der Waals surface area (Å²) >= 11 is 0. The number of hydrogen-bond acceptors (Lipinski definition) is 8. The molecule has 3 saturated heterocycles. The van der Waals surface area contributed by atoms with Crippen molar-refractivity contribution in [3.05, 3.63) is 47.4 Å². The monoisotopic (exact) mass is 572 g/mol. The van der Waals surface area contributed by atoms with Gasteiger partial charge in [-0.05, 0) is 75.0 Å². The number of hydrogen-bond donors (Lipinski definition) is 2. The number of piperazine rings is 1. The van der Waals surface area contributed by atoms with E-state index in [1.54, 1.807) is 0 Å². The van der Waals surface area contributed by atoms with Crippen LogP contribution in [0.4, 0.5) is 14.6 Å². The lowest BCUT2D eigenvalue weighted by Gasteiger charge is -2.34. The molecule has 3 aliphatic heterocycles. The Morgan fingerprint density at radius 3 is 2.45 bits per heavy atom. The minimum Gasteiger partial charge on any atom is -0.508 e. The van der Waals surface area contributed by atoms with Gasteiger partial charge in [0.1, 0.15) is 29.3 Å². The molecule has 218 valence electrons. The van der Waals surface area contributed by atoms with E-state index < -0.39 is 12.5 Å². The van der Waals surface area contributed by atoms with Crippen LogP contribution in [-0.2, 0) is 6.67 Å². The summed E-state index contributed by atoms with van der Waals surface area (Å²) in [5.74, 6) is 2.35. The van der Waals surface area contributed by atoms with Crippen LogP contribution in [0.15, 0.2) is 30.5 Å². The number of fused-ring (bicyclic) bond motifs is 4. The van der Waals surface area contributed by atoms with Crippen LogP contribution < -0.4 is 15.0 Å². The van der Waals surface area contributed by atoms with Crippen molar-refractivity contribution in [2.24, 2.45) is 0 Å². The van der Waals surface area contributed by atoms with Crippen molar-refractivity contribution in [3.8, 4) is 35.2 Å². The van der Waals surface area contributed by atoms with Gasteiger partial charge in [-0.1, -0.05) is 12.0 Å². The van der Waals surface area contributed by atoms with Crippen molar-refractivity contribution in [1.29, 1.82) is 0 Å². The van der Waals surface area contributed by atoms with Crippen molar-refractivity contribution in [1.82, 2.24) is 25.2 Å². The van der Waals surface area contributed by atoms with Crippen LogP contribution in [0.25, 0.3) is 32.9 Å². The largest absolute Gasteiger partial charge is 0.508 e. The maximum atomic E-state index is 14.8. The highest BCUT2D eigenvalue weighted by Crippen LogP contribution is 2.40. The van der Waals surface area contributed by atoms with Gasteiger partial charge in [0, 0.05) is 47.9 Å². The molecule has 2 atom stereocenters. The summed E-state index contributed by atoms with van der Waals surface area (Å²) in [6, 6.07) is 6.53. The van der Waals surface area contributed by atoms with Crippen LogP contribution in [-0.4, -0.2) is 77.4 Å². The number of methoxy groups -OCH3 is 1. The lowest BCUT2D eigenvalue weighted by molar-refractivity contribution is 0.380. The van der Waals surface area contributed by atoms with Crippen LogP contribution in [0.1, 0.15) is 36.8 Å². The number of aromatic hydroxyl groups is 1. The number of pyridine rings is 1. The van der Waals surface area contributed by atoms with E-state index in [1.807, 2.05) is 0 Å². The highest BCUT2D eigenvalue weighted by Gasteiger charge is 2.34. The van der Waals surface area contributed by atoms with E-state index in [0.717, 1.165) is 25.9 Å². The van der Waals surface area contributed by atoms with Crippen molar-refractivity contribution in [3.63, 3.8) is 0 Å². The number of anilines is 1. The zero-order valence-corrected chi connectivity index (χ0v) is 23.8. The topological polar surface area (TPSA) is 86.6 Å². The molecule has 2 N–H and O–H groups in total. The smallest absolute Gasteiger partial charge is 0.318 e. The molecule has 2 aromatic heterocycles. The van der Waals surface area contributed by atoms with Crippen molar-refractivity contribution in [2.75, 3.05) is 45.2 Å². The Labute approximate surface area is 243 Å². The summed E-state index contributed by atoms with van der Waals surface area (Å²) in [7, 11) is 3.64.